The monoisotopic (exact) mass is 253 g/mol. The average Bonchev–Trinajstić information content (AvgIpc) is 2.67. The normalized spacial score (nSPS) is 41.3. The first-order valence-electron chi connectivity index (χ1n) is 7.67. The predicted molar refractivity (Wildman–Crippen MR) is 71.7 cm³/mol. The quantitative estimate of drug-likeness (QED) is 0.779. The van der Waals surface area contributed by atoms with Crippen LogP contribution in [0.5, 0.6) is 0 Å². The van der Waals surface area contributed by atoms with Crippen molar-refractivity contribution in [1.29, 1.82) is 0 Å². The van der Waals surface area contributed by atoms with Crippen LogP contribution < -0.4 is 5.32 Å². The summed E-state index contributed by atoms with van der Waals surface area (Å²) in [5.41, 5.74) is -0.240. The third-order valence-electron chi connectivity index (χ3n) is 5.41. The smallest absolute Gasteiger partial charge is 0.114 e. The number of nitrogens with one attached hydrogen (secondary N) is 1. The van der Waals surface area contributed by atoms with Crippen molar-refractivity contribution in [2.75, 3.05) is 19.8 Å². The minimum absolute atomic E-state index is 0.0900. The van der Waals surface area contributed by atoms with Crippen molar-refractivity contribution >= 4 is 0 Å². The van der Waals surface area contributed by atoms with Gasteiger partial charge in [-0.25, -0.2) is 0 Å². The molecule has 3 aliphatic rings. The summed E-state index contributed by atoms with van der Waals surface area (Å²) in [6.07, 6.45) is 7.96. The largest absolute Gasteiger partial charge is 0.372 e. The summed E-state index contributed by atoms with van der Waals surface area (Å²) in [6, 6.07) is 0.490. The van der Waals surface area contributed by atoms with Crippen LogP contribution in [0.25, 0.3) is 0 Å². The van der Waals surface area contributed by atoms with Gasteiger partial charge in [0.1, 0.15) is 5.60 Å². The molecule has 0 aromatic carbocycles. The first-order valence-corrected chi connectivity index (χ1v) is 7.67. The Balaban J connectivity index is 1.85. The van der Waals surface area contributed by atoms with Crippen molar-refractivity contribution in [2.45, 2.75) is 69.6 Å². The van der Waals surface area contributed by atoms with Crippen LogP contribution in [0.1, 0.15) is 52.4 Å². The third-order valence-corrected chi connectivity index (χ3v) is 5.41. The number of ether oxygens (including phenoxy) is 2. The lowest BCUT2D eigenvalue weighted by Gasteiger charge is -2.51. The maximum atomic E-state index is 6.32. The molecule has 1 spiro atoms. The molecule has 0 amide bonds. The predicted octanol–water partition coefficient (Wildman–Crippen LogP) is 2.49. The average molecular weight is 253 g/mol. The molecule has 2 aliphatic heterocycles. The molecule has 1 aliphatic carbocycles. The third kappa shape index (κ3) is 1.91. The van der Waals surface area contributed by atoms with Gasteiger partial charge in [-0.15, -0.1) is 0 Å². The van der Waals surface area contributed by atoms with Crippen molar-refractivity contribution < 1.29 is 9.47 Å². The van der Waals surface area contributed by atoms with E-state index in [0.29, 0.717) is 6.04 Å². The molecule has 3 nitrogen and oxygen atoms in total. The molecule has 2 atom stereocenters. The van der Waals surface area contributed by atoms with E-state index in [1.165, 1.54) is 32.1 Å². The molecule has 0 aromatic rings. The number of hydrogen-bond donors (Lipinski definition) is 1. The van der Waals surface area contributed by atoms with Crippen molar-refractivity contribution in [3.8, 4) is 0 Å². The fraction of sp³-hybridized carbons (Fsp3) is 1.00. The van der Waals surface area contributed by atoms with Crippen LogP contribution in [0.15, 0.2) is 0 Å². The zero-order valence-electron chi connectivity index (χ0n) is 11.8. The molecule has 2 unspecified atom stereocenters. The van der Waals surface area contributed by atoms with E-state index >= 15 is 0 Å². The second-order valence-electron chi connectivity index (χ2n) is 6.68. The molecule has 0 aromatic heterocycles. The topological polar surface area (TPSA) is 30.5 Å². The highest BCUT2D eigenvalue weighted by Crippen LogP contribution is 2.46. The lowest BCUT2D eigenvalue weighted by molar-refractivity contribution is -0.181. The number of rotatable bonds is 1. The molecule has 104 valence electrons. The lowest BCUT2D eigenvalue weighted by Crippen LogP contribution is -2.67. The van der Waals surface area contributed by atoms with Crippen LogP contribution >= 0.6 is 0 Å². The Morgan fingerprint density at radius 3 is 2.44 bits per heavy atom. The molecule has 3 rings (SSSR count). The second kappa shape index (κ2) is 4.77. The summed E-state index contributed by atoms with van der Waals surface area (Å²) in [5.74, 6) is 0.778. The van der Waals surface area contributed by atoms with Crippen LogP contribution in [-0.2, 0) is 9.47 Å². The van der Waals surface area contributed by atoms with E-state index < -0.39 is 0 Å². The van der Waals surface area contributed by atoms with Crippen molar-refractivity contribution in [3.05, 3.63) is 0 Å². The molecule has 2 saturated heterocycles. The molecule has 1 saturated carbocycles. The Bertz CT molecular complexity index is 299. The number of hydrogen-bond acceptors (Lipinski definition) is 3. The van der Waals surface area contributed by atoms with E-state index in [2.05, 4.69) is 19.2 Å². The van der Waals surface area contributed by atoms with E-state index in [1.807, 2.05) is 0 Å². The van der Waals surface area contributed by atoms with Gasteiger partial charge in [-0.2, -0.15) is 0 Å². The van der Waals surface area contributed by atoms with Crippen LogP contribution in [0.2, 0.25) is 0 Å². The highest BCUT2D eigenvalue weighted by molar-refractivity contribution is 5.11. The summed E-state index contributed by atoms with van der Waals surface area (Å²) >= 11 is 0. The second-order valence-corrected chi connectivity index (χ2v) is 6.68. The molecule has 3 fully saturated rings. The standard InChI is InChI=1S/C15H27NO2/c1-14(2)15(8-10-17-14)13(16-9-11-18-15)12-6-4-3-5-7-12/h12-13,16H,3-11H2,1-2H3. The van der Waals surface area contributed by atoms with Gasteiger partial charge in [0.05, 0.1) is 18.8 Å². The zero-order valence-corrected chi connectivity index (χ0v) is 11.8. The van der Waals surface area contributed by atoms with Crippen LogP contribution in [-0.4, -0.2) is 37.0 Å². The van der Waals surface area contributed by atoms with E-state index in [9.17, 15) is 0 Å². The van der Waals surface area contributed by atoms with Gasteiger partial charge >= 0.3 is 0 Å². The summed E-state index contributed by atoms with van der Waals surface area (Å²) in [4.78, 5) is 0. The minimum Gasteiger partial charge on any atom is -0.372 e. The maximum Gasteiger partial charge on any atom is 0.114 e. The lowest BCUT2D eigenvalue weighted by atomic mass is 9.69. The van der Waals surface area contributed by atoms with E-state index in [-0.39, 0.29) is 11.2 Å². The van der Waals surface area contributed by atoms with Gasteiger partial charge in [0.25, 0.3) is 0 Å². The Labute approximate surface area is 111 Å². The van der Waals surface area contributed by atoms with E-state index in [0.717, 1.165) is 32.1 Å². The van der Waals surface area contributed by atoms with Gasteiger partial charge in [0.15, 0.2) is 0 Å². The maximum absolute atomic E-state index is 6.32. The highest BCUT2D eigenvalue weighted by Gasteiger charge is 2.58. The number of morpholine rings is 1. The fourth-order valence-electron chi connectivity index (χ4n) is 4.37. The van der Waals surface area contributed by atoms with Gasteiger partial charge < -0.3 is 14.8 Å². The Hall–Kier alpha value is -0.120. The molecule has 1 N–H and O–H groups in total. The highest BCUT2D eigenvalue weighted by atomic mass is 16.6. The molecule has 0 bridgehead atoms. The van der Waals surface area contributed by atoms with Crippen LogP contribution in [0.4, 0.5) is 0 Å². The first kappa shape index (κ1) is 12.9. The van der Waals surface area contributed by atoms with Gasteiger partial charge in [-0.05, 0) is 32.6 Å². The van der Waals surface area contributed by atoms with Crippen molar-refractivity contribution in [2.24, 2.45) is 5.92 Å². The zero-order chi connectivity index (χ0) is 12.6. The molecule has 0 radical (unpaired) electrons. The van der Waals surface area contributed by atoms with Gasteiger partial charge in [-0.3, -0.25) is 0 Å². The fourth-order valence-corrected chi connectivity index (χ4v) is 4.37. The van der Waals surface area contributed by atoms with Crippen molar-refractivity contribution in [3.63, 3.8) is 0 Å². The van der Waals surface area contributed by atoms with E-state index in [4.69, 9.17) is 9.47 Å². The van der Waals surface area contributed by atoms with Gasteiger partial charge in [0.2, 0.25) is 0 Å². The summed E-state index contributed by atoms with van der Waals surface area (Å²) in [6.45, 7) is 7.10. The first-order chi connectivity index (χ1) is 8.66. The molecule has 2 heterocycles. The van der Waals surface area contributed by atoms with Crippen LogP contribution in [0.3, 0.4) is 0 Å². The molecular formula is C15H27NO2. The SMILES string of the molecule is CC1(C)OCCC12OCCNC2C1CCCCC1. The molecule has 3 heteroatoms. The van der Waals surface area contributed by atoms with Gasteiger partial charge in [-0.1, -0.05) is 19.3 Å². The summed E-state index contributed by atoms with van der Waals surface area (Å²) < 4.78 is 12.3. The molecular weight excluding hydrogens is 226 g/mol. The van der Waals surface area contributed by atoms with Gasteiger partial charge in [0, 0.05) is 19.0 Å². The Kier molecular flexibility index (Phi) is 3.41. The summed E-state index contributed by atoms with van der Waals surface area (Å²) in [7, 11) is 0. The minimum atomic E-state index is -0.150. The summed E-state index contributed by atoms with van der Waals surface area (Å²) in [5, 5.41) is 3.77. The van der Waals surface area contributed by atoms with Crippen molar-refractivity contribution in [1.82, 2.24) is 5.32 Å². The Morgan fingerprint density at radius 1 is 1.00 bits per heavy atom. The van der Waals surface area contributed by atoms with E-state index in [1.54, 1.807) is 0 Å². The Morgan fingerprint density at radius 2 is 1.78 bits per heavy atom. The van der Waals surface area contributed by atoms with Crippen LogP contribution in [0, 0.1) is 5.92 Å². The molecule has 18 heavy (non-hydrogen) atoms.